The van der Waals surface area contributed by atoms with Gasteiger partial charge in [-0.05, 0) is 56.9 Å². The standard InChI is InChI=1S/C23H30N6O2/c1-5-31-18-8-9-20-19(13-18)16(2)25-23(26-20)29-11-6-7-21(29)22(30)27(3)12-10-17-14-24-28(4)15-17/h8-9,13-15,21H,5-7,10-12H2,1-4H3. The fourth-order valence-electron chi connectivity index (χ4n) is 4.16. The third-order valence-corrected chi connectivity index (χ3v) is 5.82. The predicted molar refractivity (Wildman–Crippen MR) is 120 cm³/mol. The molecule has 1 aliphatic rings. The van der Waals surface area contributed by atoms with Gasteiger partial charge in [0.1, 0.15) is 11.8 Å². The molecule has 4 rings (SSSR count). The van der Waals surface area contributed by atoms with Gasteiger partial charge in [-0.25, -0.2) is 9.97 Å². The molecule has 0 spiro atoms. The molecule has 8 nitrogen and oxygen atoms in total. The topological polar surface area (TPSA) is 76.4 Å². The summed E-state index contributed by atoms with van der Waals surface area (Å²) in [6, 6.07) is 5.65. The number of hydrogen-bond acceptors (Lipinski definition) is 6. The van der Waals surface area contributed by atoms with Crippen molar-refractivity contribution in [1.29, 1.82) is 0 Å². The summed E-state index contributed by atoms with van der Waals surface area (Å²) in [6.45, 7) is 6.02. The van der Waals surface area contributed by atoms with Gasteiger partial charge in [0.05, 0.1) is 24.0 Å². The van der Waals surface area contributed by atoms with Crippen molar-refractivity contribution in [1.82, 2.24) is 24.6 Å². The lowest BCUT2D eigenvalue weighted by atomic mass is 10.1. The summed E-state index contributed by atoms with van der Waals surface area (Å²) in [5, 5.41) is 5.18. The van der Waals surface area contributed by atoms with Crippen LogP contribution in [0.3, 0.4) is 0 Å². The van der Waals surface area contributed by atoms with Crippen LogP contribution in [0.15, 0.2) is 30.6 Å². The van der Waals surface area contributed by atoms with Crippen molar-refractivity contribution in [3.05, 3.63) is 41.9 Å². The largest absolute Gasteiger partial charge is 0.494 e. The highest BCUT2D eigenvalue weighted by molar-refractivity contribution is 5.87. The molecular formula is C23H30N6O2. The molecule has 0 radical (unpaired) electrons. The molecule has 0 bridgehead atoms. The fraction of sp³-hybridized carbons (Fsp3) is 0.478. The Morgan fingerprint density at radius 3 is 2.90 bits per heavy atom. The van der Waals surface area contributed by atoms with Crippen molar-refractivity contribution in [3.63, 3.8) is 0 Å². The monoisotopic (exact) mass is 422 g/mol. The van der Waals surface area contributed by atoms with Gasteiger partial charge >= 0.3 is 0 Å². The first kappa shape index (κ1) is 21.1. The van der Waals surface area contributed by atoms with Crippen LogP contribution in [0.25, 0.3) is 10.9 Å². The molecule has 0 saturated carbocycles. The quantitative estimate of drug-likeness (QED) is 0.583. The predicted octanol–water partition coefficient (Wildman–Crippen LogP) is 2.74. The Bertz CT molecular complexity index is 1080. The first-order chi connectivity index (χ1) is 15.0. The Morgan fingerprint density at radius 1 is 1.32 bits per heavy atom. The van der Waals surface area contributed by atoms with E-state index in [2.05, 4.69) is 10.00 Å². The molecule has 0 N–H and O–H groups in total. The number of aryl methyl sites for hydroxylation is 2. The average molecular weight is 423 g/mol. The maximum atomic E-state index is 13.2. The fourth-order valence-corrected chi connectivity index (χ4v) is 4.16. The van der Waals surface area contributed by atoms with Crippen LogP contribution in [-0.4, -0.2) is 63.3 Å². The van der Waals surface area contributed by atoms with Gasteiger partial charge in [-0.1, -0.05) is 0 Å². The molecule has 3 heterocycles. The molecule has 1 aliphatic heterocycles. The molecule has 8 heteroatoms. The second kappa shape index (κ2) is 8.91. The van der Waals surface area contributed by atoms with Crippen molar-refractivity contribution < 1.29 is 9.53 Å². The first-order valence-corrected chi connectivity index (χ1v) is 10.9. The number of likely N-dealkylation sites (N-methyl/N-ethyl adjacent to an activating group) is 1. The number of carbonyl (C=O) groups is 1. The molecule has 3 aromatic rings. The number of aromatic nitrogens is 4. The van der Waals surface area contributed by atoms with Gasteiger partial charge in [-0.2, -0.15) is 5.10 Å². The van der Waals surface area contributed by atoms with Crippen LogP contribution >= 0.6 is 0 Å². The zero-order valence-corrected chi connectivity index (χ0v) is 18.7. The van der Waals surface area contributed by atoms with Crippen molar-refractivity contribution in [2.24, 2.45) is 7.05 Å². The van der Waals surface area contributed by atoms with Crippen LogP contribution in [0.4, 0.5) is 5.95 Å². The SMILES string of the molecule is CCOc1ccc2nc(N3CCCC3C(=O)N(C)CCc3cnn(C)c3)nc(C)c2c1. The molecule has 1 saturated heterocycles. The molecule has 0 aliphatic carbocycles. The summed E-state index contributed by atoms with van der Waals surface area (Å²) >= 11 is 0. The van der Waals surface area contributed by atoms with Crippen LogP contribution in [0.2, 0.25) is 0 Å². The number of benzene rings is 1. The van der Waals surface area contributed by atoms with Gasteiger partial charge in [0.25, 0.3) is 0 Å². The molecule has 31 heavy (non-hydrogen) atoms. The van der Waals surface area contributed by atoms with Crippen LogP contribution in [-0.2, 0) is 18.3 Å². The maximum absolute atomic E-state index is 13.2. The third-order valence-electron chi connectivity index (χ3n) is 5.82. The molecule has 164 valence electrons. The second-order valence-electron chi connectivity index (χ2n) is 8.10. The van der Waals surface area contributed by atoms with E-state index < -0.39 is 0 Å². The van der Waals surface area contributed by atoms with E-state index >= 15 is 0 Å². The van der Waals surface area contributed by atoms with E-state index in [4.69, 9.17) is 14.7 Å². The van der Waals surface area contributed by atoms with Crippen LogP contribution in [0.1, 0.15) is 31.0 Å². The zero-order chi connectivity index (χ0) is 22.0. The molecule has 1 aromatic carbocycles. The van der Waals surface area contributed by atoms with E-state index in [-0.39, 0.29) is 11.9 Å². The zero-order valence-electron chi connectivity index (χ0n) is 18.7. The van der Waals surface area contributed by atoms with Gasteiger partial charge in [-0.3, -0.25) is 9.48 Å². The second-order valence-corrected chi connectivity index (χ2v) is 8.10. The van der Waals surface area contributed by atoms with E-state index in [0.717, 1.165) is 53.7 Å². The summed E-state index contributed by atoms with van der Waals surface area (Å²) in [5.41, 5.74) is 2.89. The van der Waals surface area contributed by atoms with Crippen molar-refractivity contribution >= 4 is 22.8 Å². The molecule has 1 amide bonds. The number of hydrogen-bond donors (Lipinski definition) is 0. The molecule has 1 fully saturated rings. The van der Waals surface area contributed by atoms with E-state index in [1.54, 1.807) is 4.68 Å². The number of anilines is 1. The summed E-state index contributed by atoms with van der Waals surface area (Å²) in [5.74, 6) is 1.57. The van der Waals surface area contributed by atoms with Gasteiger partial charge in [0.2, 0.25) is 11.9 Å². The van der Waals surface area contributed by atoms with Crippen LogP contribution in [0.5, 0.6) is 5.75 Å². The third kappa shape index (κ3) is 4.47. The number of nitrogens with zero attached hydrogens (tertiary/aromatic N) is 6. The molecule has 1 atom stereocenters. The lowest BCUT2D eigenvalue weighted by molar-refractivity contribution is -0.131. The van der Waals surface area contributed by atoms with Crippen LogP contribution in [0, 0.1) is 6.92 Å². The number of fused-ring (bicyclic) bond motifs is 1. The minimum Gasteiger partial charge on any atom is -0.494 e. The summed E-state index contributed by atoms with van der Waals surface area (Å²) in [7, 11) is 3.77. The summed E-state index contributed by atoms with van der Waals surface area (Å²) < 4.78 is 7.39. The smallest absolute Gasteiger partial charge is 0.245 e. The molecule has 1 unspecified atom stereocenters. The van der Waals surface area contributed by atoms with Crippen molar-refractivity contribution in [2.45, 2.75) is 39.2 Å². The maximum Gasteiger partial charge on any atom is 0.245 e. The van der Waals surface area contributed by atoms with Gasteiger partial charge in [0, 0.05) is 38.8 Å². The Balaban J connectivity index is 1.51. The Labute approximate surface area is 182 Å². The van der Waals surface area contributed by atoms with Crippen LogP contribution < -0.4 is 9.64 Å². The van der Waals surface area contributed by atoms with Crippen molar-refractivity contribution in [3.8, 4) is 5.75 Å². The lowest BCUT2D eigenvalue weighted by Crippen LogP contribution is -2.45. The highest BCUT2D eigenvalue weighted by atomic mass is 16.5. The Hall–Kier alpha value is -3.16. The number of amides is 1. The summed E-state index contributed by atoms with van der Waals surface area (Å²) in [6.07, 6.45) is 6.40. The summed E-state index contributed by atoms with van der Waals surface area (Å²) in [4.78, 5) is 26.6. The molecular weight excluding hydrogens is 392 g/mol. The highest BCUT2D eigenvalue weighted by Gasteiger charge is 2.34. The van der Waals surface area contributed by atoms with Gasteiger partial charge in [-0.15, -0.1) is 0 Å². The van der Waals surface area contributed by atoms with E-state index in [1.165, 1.54) is 0 Å². The number of rotatable bonds is 7. The first-order valence-electron chi connectivity index (χ1n) is 10.9. The molecule has 2 aromatic heterocycles. The van der Waals surface area contributed by atoms with Gasteiger partial charge in [0.15, 0.2) is 0 Å². The minimum atomic E-state index is -0.224. The van der Waals surface area contributed by atoms with Gasteiger partial charge < -0.3 is 14.5 Å². The Morgan fingerprint density at radius 2 is 2.16 bits per heavy atom. The van der Waals surface area contributed by atoms with Crippen molar-refractivity contribution in [2.75, 3.05) is 31.6 Å². The number of carbonyl (C=O) groups excluding carboxylic acids is 1. The average Bonchev–Trinajstić information content (AvgIpc) is 3.41. The minimum absolute atomic E-state index is 0.120. The van der Waals surface area contributed by atoms with E-state index in [0.29, 0.717) is 19.1 Å². The van der Waals surface area contributed by atoms with E-state index in [9.17, 15) is 4.79 Å². The normalized spacial score (nSPS) is 16.1. The highest BCUT2D eigenvalue weighted by Crippen LogP contribution is 2.28. The van der Waals surface area contributed by atoms with E-state index in [1.807, 2.05) is 63.4 Å². The number of ether oxygens (including phenoxy) is 1. The lowest BCUT2D eigenvalue weighted by Gasteiger charge is -2.28. The Kier molecular flexibility index (Phi) is 6.06.